The minimum atomic E-state index is -0.227. The predicted molar refractivity (Wildman–Crippen MR) is 113 cm³/mol. The average molecular weight is 478 g/mol. The van der Waals surface area contributed by atoms with Gasteiger partial charge in [0, 0.05) is 52.0 Å². The van der Waals surface area contributed by atoms with Crippen LogP contribution in [0.1, 0.15) is 24.7 Å². The fourth-order valence-corrected chi connectivity index (χ4v) is 2.98. The van der Waals surface area contributed by atoms with E-state index in [0.717, 1.165) is 44.3 Å². The summed E-state index contributed by atoms with van der Waals surface area (Å²) in [7, 11) is 1.79. The third kappa shape index (κ3) is 6.33. The zero-order valence-electron chi connectivity index (χ0n) is 16.2. The highest BCUT2D eigenvalue weighted by molar-refractivity contribution is 14.0. The Labute approximate surface area is 173 Å². The lowest BCUT2D eigenvalue weighted by Gasteiger charge is -2.35. The summed E-state index contributed by atoms with van der Waals surface area (Å²) in [5.74, 6) is 0.886. The first kappa shape index (κ1) is 22.5. The van der Waals surface area contributed by atoms with Gasteiger partial charge in [-0.1, -0.05) is 0 Å². The van der Waals surface area contributed by atoms with Crippen LogP contribution >= 0.6 is 24.0 Å². The second-order valence-electron chi connectivity index (χ2n) is 6.15. The number of carbonyl (C=O) groups is 1. The van der Waals surface area contributed by atoms with Gasteiger partial charge in [0.15, 0.2) is 5.96 Å². The van der Waals surface area contributed by atoms with Crippen molar-refractivity contribution in [1.29, 1.82) is 0 Å². The van der Waals surface area contributed by atoms with Gasteiger partial charge in [-0.15, -0.1) is 24.0 Å². The molecule has 2 rings (SSSR count). The number of nitrogens with zero attached hydrogens (tertiary/aromatic N) is 5. The summed E-state index contributed by atoms with van der Waals surface area (Å²) in [4.78, 5) is 20.0. The SMILES string of the molecule is CCOC(=O)N1CCN(C(=NC)NCCCn2nc(C)cc2C)CC1.I. The van der Waals surface area contributed by atoms with Crippen molar-refractivity contribution in [3.63, 3.8) is 0 Å². The van der Waals surface area contributed by atoms with E-state index in [-0.39, 0.29) is 30.1 Å². The van der Waals surface area contributed by atoms with Crippen molar-refractivity contribution in [3.05, 3.63) is 17.5 Å². The van der Waals surface area contributed by atoms with E-state index in [1.165, 1.54) is 5.69 Å². The third-order valence-corrected chi connectivity index (χ3v) is 4.25. The van der Waals surface area contributed by atoms with Crippen LogP contribution in [0.3, 0.4) is 0 Å². The lowest BCUT2D eigenvalue weighted by molar-refractivity contribution is 0.0914. The van der Waals surface area contributed by atoms with Crippen LogP contribution in [0, 0.1) is 13.8 Å². The molecule has 26 heavy (non-hydrogen) atoms. The number of aryl methyl sites for hydroxylation is 3. The summed E-state index contributed by atoms with van der Waals surface area (Å²) in [6, 6.07) is 2.09. The standard InChI is InChI=1S/C17H30N6O2.HI/c1-5-25-17(24)22-11-9-21(10-12-22)16(18-4)19-7-6-8-23-15(3)13-14(2)20-23;/h13H,5-12H2,1-4H3,(H,18,19);1H. The summed E-state index contributed by atoms with van der Waals surface area (Å²) in [6.45, 7) is 10.9. The van der Waals surface area contributed by atoms with E-state index in [4.69, 9.17) is 4.74 Å². The van der Waals surface area contributed by atoms with Gasteiger partial charge in [0.05, 0.1) is 12.3 Å². The molecule has 0 spiro atoms. The molecule has 0 radical (unpaired) electrons. The first-order chi connectivity index (χ1) is 12.0. The number of nitrogens with one attached hydrogen (secondary N) is 1. The lowest BCUT2D eigenvalue weighted by Crippen LogP contribution is -2.54. The van der Waals surface area contributed by atoms with Crippen LogP contribution in [-0.2, 0) is 11.3 Å². The van der Waals surface area contributed by atoms with Crippen LogP contribution in [0.25, 0.3) is 0 Å². The molecule has 0 aliphatic carbocycles. The van der Waals surface area contributed by atoms with Gasteiger partial charge in [0.1, 0.15) is 0 Å². The zero-order valence-corrected chi connectivity index (χ0v) is 18.5. The minimum absolute atomic E-state index is 0. The molecule has 1 saturated heterocycles. The molecule has 0 atom stereocenters. The molecule has 1 aliphatic rings. The van der Waals surface area contributed by atoms with Gasteiger partial charge in [0.2, 0.25) is 0 Å². The number of piperazine rings is 1. The number of hydrogen-bond acceptors (Lipinski definition) is 4. The van der Waals surface area contributed by atoms with Crippen molar-refractivity contribution >= 4 is 36.0 Å². The molecule has 1 aliphatic heterocycles. The monoisotopic (exact) mass is 478 g/mol. The normalized spacial score (nSPS) is 14.8. The molecular formula is C17H31IN6O2. The number of rotatable bonds is 5. The Bertz CT molecular complexity index is 596. The number of amides is 1. The van der Waals surface area contributed by atoms with Crippen LogP contribution in [0.2, 0.25) is 0 Å². The molecular weight excluding hydrogens is 447 g/mol. The maximum Gasteiger partial charge on any atom is 0.409 e. The number of guanidine groups is 1. The number of hydrogen-bond donors (Lipinski definition) is 1. The first-order valence-corrected chi connectivity index (χ1v) is 8.93. The Balaban J connectivity index is 0.00000338. The molecule has 1 N–H and O–H groups in total. The topological polar surface area (TPSA) is 75.0 Å². The van der Waals surface area contributed by atoms with E-state index in [9.17, 15) is 4.79 Å². The summed E-state index contributed by atoms with van der Waals surface area (Å²) >= 11 is 0. The number of aliphatic imine (C=N–C) groups is 1. The molecule has 0 aromatic carbocycles. The number of aromatic nitrogens is 2. The highest BCUT2D eigenvalue weighted by atomic mass is 127. The van der Waals surface area contributed by atoms with Crippen LogP contribution in [0.4, 0.5) is 4.79 Å². The van der Waals surface area contributed by atoms with Crippen LogP contribution < -0.4 is 5.32 Å². The van der Waals surface area contributed by atoms with E-state index in [0.29, 0.717) is 19.7 Å². The largest absolute Gasteiger partial charge is 0.450 e. The van der Waals surface area contributed by atoms with Gasteiger partial charge in [-0.25, -0.2) is 4.79 Å². The van der Waals surface area contributed by atoms with Gasteiger partial charge >= 0.3 is 6.09 Å². The average Bonchev–Trinajstić information content (AvgIpc) is 2.93. The van der Waals surface area contributed by atoms with Crippen LogP contribution in [0.5, 0.6) is 0 Å². The van der Waals surface area contributed by atoms with E-state index in [1.54, 1.807) is 11.9 Å². The van der Waals surface area contributed by atoms with Crippen LogP contribution in [-0.4, -0.2) is 78.0 Å². The molecule has 2 heterocycles. The fourth-order valence-electron chi connectivity index (χ4n) is 2.98. The first-order valence-electron chi connectivity index (χ1n) is 8.93. The fraction of sp³-hybridized carbons (Fsp3) is 0.706. The molecule has 1 aromatic rings. The minimum Gasteiger partial charge on any atom is -0.450 e. The highest BCUT2D eigenvalue weighted by Gasteiger charge is 2.23. The molecule has 1 fully saturated rings. The highest BCUT2D eigenvalue weighted by Crippen LogP contribution is 2.05. The maximum absolute atomic E-state index is 11.8. The second-order valence-corrected chi connectivity index (χ2v) is 6.15. The van der Waals surface area contributed by atoms with Crippen LogP contribution in [0.15, 0.2) is 11.1 Å². The van der Waals surface area contributed by atoms with Gasteiger partial charge in [-0.05, 0) is 33.3 Å². The van der Waals surface area contributed by atoms with Crippen molar-refractivity contribution in [3.8, 4) is 0 Å². The molecule has 1 amide bonds. The Morgan fingerprint density at radius 3 is 2.46 bits per heavy atom. The van der Waals surface area contributed by atoms with Crippen molar-refractivity contribution in [1.82, 2.24) is 24.9 Å². The number of carbonyl (C=O) groups excluding carboxylic acids is 1. The molecule has 1 aromatic heterocycles. The van der Waals surface area contributed by atoms with E-state index < -0.39 is 0 Å². The zero-order chi connectivity index (χ0) is 18.2. The van der Waals surface area contributed by atoms with Gasteiger partial charge in [0.25, 0.3) is 0 Å². The summed E-state index contributed by atoms with van der Waals surface area (Å²) in [5, 5.41) is 7.88. The summed E-state index contributed by atoms with van der Waals surface area (Å²) < 4.78 is 7.09. The maximum atomic E-state index is 11.8. The molecule has 8 nitrogen and oxygen atoms in total. The molecule has 9 heteroatoms. The molecule has 0 saturated carbocycles. The van der Waals surface area contributed by atoms with Crippen molar-refractivity contribution in [2.45, 2.75) is 33.7 Å². The third-order valence-electron chi connectivity index (χ3n) is 4.25. The summed E-state index contributed by atoms with van der Waals surface area (Å²) in [5.41, 5.74) is 2.25. The molecule has 0 bridgehead atoms. The van der Waals surface area contributed by atoms with E-state index >= 15 is 0 Å². The predicted octanol–water partition coefficient (Wildman–Crippen LogP) is 1.86. The van der Waals surface area contributed by atoms with E-state index in [1.807, 2.05) is 18.5 Å². The smallest absolute Gasteiger partial charge is 0.409 e. The molecule has 148 valence electrons. The Hall–Kier alpha value is -1.52. The number of ether oxygens (including phenoxy) is 1. The van der Waals surface area contributed by atoms with Crippen molar-refractivity contribution in [2.24, 2.45) is 4.99 Å². The lowest BCUT2D eigenvalue weighted by atomic mass is 10.3. The van der Waals surface area contributed by atoms with Crippen molar-refractivity contribution in [2.75, 3.05) is 46.4 Å². The second kappa shape index (κ2) is 11.2. The van der Waals surface area contributed by atoms with Crippen molar-refractivity contribution < 1.29 is 9.53 Å². The Morgan fingerprint density at radius 1 is 1.27 bits per heavy atom. The summed E-state index contributed by atoms with van der Waals surface area (Å²) in [6.07, 6.45) is 0.749. The van der Waals surface area contributed by atoms with Gasteiger partial charge in [-0.3, -0.25) is 9.67 Å². The van der Waals surface area contributed by atoms with Gasteiger partial charge in [-0.2, -0.15) is 5.10 Å². The van der Waals surface area contributed by atoms with Gasteiger partial charge < -0.3 is 19.9 Å². The molecule has 0 unspecified atom stereocenters. The Kier molecular flexibility index (Phi) is 9.74. The number of halogens is 1. The Morgan fingerprint density at radius 2 is 1.92 bits per heavy atom. The van der Waals surface area contributed by atoms with E-state index in [2.05, 4.69) is 33.3 Å². The quantitative estimate of drug-likeness (QED) is 0.303.